The molecule has 11 N–H and O–H groups in total. The van der Waals surface area contributed by atoms with Crippen molar-refractivity contribution in [3.63, 3.8) is 0 Å². The molecule has 0 saturated carbocycles. The minimum atomic E-state index is -4.64. The molecule has 2 saturated heterocycles. The zero-order valence-corrected chi connectivity index (χ0v) is 79.8. The monoisotopic (exact) mass is 1840 g/mol. The number of halogens is 3. The Labute approximate surface area is 778 Å². The molecule has 5 aromatic rings. The number of alkyl halides is 3. The van der Waals surface area contributed by atoms with E-state index in [4.69, 9.17) is 44.7 Å². The molecular formula is C89H147F3N14NaO20P. The number of anilines is 3. The van der Waals surface area contributed by atoms with Gasteiger partial charge >= 0.3 is 72.4 Å². The van der Waals surface area contributed by atoms with E-state index in [1.165, 1.54) is 28.9 Å². The van der Waals surface area contributed by atoms with Crippen molar-refractivity contribution in [2.75, 3.05) is 88.2 Å². The van der Waals surface area contributed by atoms with Crippen LogP contribution in [0.1, 0.15) is 256 Å². The third-order valence-corrected chi connectivity index (χ3v) is 16.3. The van der Waals surface area contributed by atoms with Crippen LogP contribution in [0.15, 0.2) is 73.1 Å². The number of aryl methyl sites for hydroxylation is 5. The largest absolute Gasteiger partial charge is 1.00 e. The normalized spacial score (nSPS) is 12.8. The molecule has 0 unspecified atom stereocenters. The molecule has 0 atom stereocenters. The van der Waals surface area contributed by atoms with Gasteiger partial charge in [-0.05, 0) is 288 Å². The summed E-state index contributed by atoms with van der Waals surface area (Å²) in [5.41, 5.74) is 14.5. The minimum Gasteiger partial charge on any atom is -0.870 e. The van der Waals surface area contributed by atoms with Gasteiger partial charge in [0.15, 0.2) is 11.9 Å². The van der Waals surface area contributed by atoms with E-state index in [0.29, 0.717) is 57.3 Å². The first kappa shape index (κ1) is 127. The fraction of sp³-hybridized carbons (Fsp3) is 0.618. The van der Waals surface area contributed by atoms with Crippen LogP contribution in [0, 0.1) is 0 Å². The van der Waals surface area contributed by atoms with Gasteiger partial charge in [0.05, 0.1) is 18.9 Å². The molecule has 39 heteroatoms. The summed E-state index contributed by atoms with van der Waals surface area (Å²) in [6, 6.07) is 19.8. The number of rotatable bonds is 18. The maximum atomic E-state index is 11.5. The third-order valence-electron chi connectivity index (χ3n) is 15.1. The van der Waals surface area contributed by atoms with E-state index < -0.39 is 77.7 Å². The summed E-state index contributed by atoms with van der Waals surface area (Å²) in [5, 5.41) is 18.5. The van der Waals surface area contributed by atoms with Crippen molar-refractivity contribution >= 4 is 102 Å². The first-order valence-electron chi connectivity index (χ1n) is 40.9. The quantitative estimate of drug-likeness (QED) is 0.00768. The van der Waals surface area contributed by atoms with Crippen molar-refractivity contribution < 1.29 is 139 Å². The van der Waals surface area contributed by atoms with Crippen molar-refractivity contribution in [3.8, 4) is 0 Å². The third kappa shape index (κ3) is 67.6. The second-order valence-electron chi connectivity index (χ2n) is 34.7. The van der Waals surface area contributed by atoms with Gasteiger partial charge in [-0.2, -0.15) is 13.2 Å². The first-order chi connectivity index (χ1) is 57.0. The molecular weight excluding hydrogens is 1700 g/mol. The van der Waals surface area contributed by atoms with Crippen molar-refractivity contribution in [3.05, 3.63) is 107 Å². The number of nitrogens with zero attached hydrogens (tertiary/aromatic N) is 6. The number of Topliss-reactive ketones (excluding diaryl/α,β-unsaturated/α-hetero) is 1. The number of ketones is 1. The van der Waals surface area contributed by atoms with Gasteiger partial charge in [-0.1, -0.05) is 34.4 Å². The molecule has 128 heavy (non-hydrogen) atoms. The van der Waals surface area contributed by atoms with Gasteiger partial charge in [-0.15, -0.1) is 0 Å². The Bertz CT molecular complexity index is 4160. The standard InChI is InChI=1S/C16H25N3O2.C16H21N3O2.C12H24NO4P.C11H17N3.C10H18O5.C9H15NO3.C6H6N2O.C4H7NO.C2HF3O.3CH4.Na.H2O/c2*1-16(2,3)21-15(20)18-11-5-7-13-9-8-12-6-4-10-17-14(12)19-13;1-12(2,3)17-11(15)13-8-6-7-10(14)9-18(4,5)16;12-7-1-4-10-6-5-9-3-2-8-13-11(9)14-10;1-9(2,3)14-7(11)13-8(12)15-10(4,5)6;1-9(2,3)13-8(12)10-6-4-5-7(10)11;7-6-5(4-9)2-1-3-8-6;6-4-2-1-3-5-4;3-2(4,5)1-6;;;;;/h8-9H,4-7,10-11H2,1-3H3,(H,17,19)(H,18,20);4,6,8-10H,5,7,11H2,1-3H3,(H,18,20);6-9H2,1-5H3,(H,13,15);5-6H,1-4,7-8,12H2,(H,13,14);1-6H3;4-6H2,1-3H3;1-4H,(H2,7,8);1-3H2,(H,5,6);1H;3*1H4;;1H2/q;;;;;;;;;;;;+1;/p-1. The molecule has 0 aromatic carbocycles. The molecule has 4 aliphatic rings. The second kappa shape index (κ2) is 63.3. The van der Waals surface area contributed by atoms with Gasteiger partial charge in [0.1, 0.15) is 56.8 Å². The Morgan fingerprint density at radius 1 is 0.523 bits per heavy atom. The van der Waals surface area contributed by atoms with Crippen LogP contribution in [0.25, 0.3) is 11.0 Å². The summed E-state index contributed by atoms with van der Waals surface area (Å²) < 4.78 is 76.9. The Morgan fingerprint density at radius 2 is 0.922 bits per heavy atom. The summed E-state index contributed by atoms with van der Waals surface area (Å²) in [7, 11) is -2.28. The Hall–Kier alpha value is -9.68. The first-order valence-corrected chi connectivity index (χ1v) is 43.7. The van der Waals surface area contributed by atoms with Gasteiger partial charge in [0, 0.05) is 99.9 Å². The molecule has 9 rings (SSSR count). The van der Waals surface area contributed by atoms with E-state index >= 15 is 0 Å². The molecule has 6 amide bonds. The number of amides is 6. The van der Waals surface area contributed by atoms with Gasteiger partial charge < -0.3 is 86.6 Å². The SMILES string of the molecule is C.C.C.CC(C)(C)OC(=O)N1CCCC1=O.CC(C)(C)OC(=O)NCCCC(=O)CP(C)(C)=O.CC(C)(C)OC(=O)NCCCc1ccc2c(n1)NCCC2.CC(C)(C)OC(=O)NCCCc1ccc2cccnc2n1.CC(C)(C)OC(=O)OC(=O)OC(C)(C)C.NCCCc1ccc2c(n1)NCCC2.Nc1ncccc1C=O.O=C1CCCN1.O=CC(F)(F)F.[Na+].[OH-]. The van der Waals surface area contributed by atoms with Crippen molar-refractivity contribution in [2.45, 2.75) is 289 Å². The van der Waals surface area contributed by atoms with Gasteiger partial charge in [0.2, 0.25) is 18.1 Å². The topological polar surface area (TPSA) is 491 Å². The van der Waals surface area contributed by atoms with Crippen LogP contribution >= 0.6 is 7.14 Å². The smallest absolute Gasteiger partial charge is 0.870 e. The van der Waals surface area contributed by atoms with E-state index in [9.17, 15) is 65.7 Å². The number of nitrogens with one attached hydrogen (secondary N) is 6. The van der Waals surface area contributed by atoms with Crippen LogP contribution < -0.4 is 72.9 Å². The van der Waals surface area contributed by atoms with Crippen molar-refractivity contribution in [1.82, 2.24) is 51.1 Å². The number of hydrogen-bond acceptors (Lipinski definition) is 29. The van der Waals surface area contributed by atoms with Crippen LogP contribution in [0.4, 0.5) is 59.4 Å². The Balaban J connectivity index is -0.000000451. The fourth-order valence-electron chi connectivity index (χ4n) is 10.1. The molecule has 0 spiro atoms. The number of nitrogens with two attached hydrogens (primary N) is 2. The van der Waals surface area contributed by atoms with E-state index in [1.54, 1.807) is 121 Å². The van der Waals surface area contributed by atoms with Crippen molar-refractivity contribution in [2.24, 2.45) is 5.73 Å². The Kier molecular flexibility index (Phi) is 62.7. The number of aldehydes is 2. The molecule has 0 radical (unpaired) electrons. The van der Waals surface area contributed by atoms with Gasteiger partial charge in [-0.3, -0.25) is 24.0 Å². The van der Waals surface area contributed by atoms with Crippen LogP contribution in [-0.4, -0.2) is 214 Å². The van der Waals surface area contributed by atoms with E-state index in [1.807, 2.05) is 65.8 Å². The molecule has 9 heterocycles. The number of ether oxygens (including phenoxy) is 7. The van der Waals surface area contributed by atoms with Crippen LogP contribution in [-0.2, 0) is 89.0 Å². The molecule has 0 aliphatic carbocycles. The number of alkyl carbamates (subject to hydrolysis) is 3. The zero-order chi connectivity index (χ0) is 93.4. The molecule has 2 fully saturated rings. The van der Waals surface area contributed by atoms with Crippen molar-refractivity contribution in [1.29, 1.82) is 0 Å². The number of aromatic nitrogens is 5. The number of fused-ring (bicyclic) bond motifs is 3. The molecule has 0 bridgehead atoms. The van der Waals surface area contributed by atoms with Gasteiger partial charge in [-0.25, -0.2) is 58.6 Å². The molecule has 5 aromatic heterocycles. The molecule has 720 valence electrons. The number of pyridine rings is 5. The summed E-state index contributed by atoms with van der Waals surface area (Å²) >= 11 is 0. The molecule has 34 nitrogen and oxygen atoms in total. The Morgan fingerprint density at radius 3 is 1.28 bits per heavy atom. The maximum absolute atomic E-state index is 11.5. The van der Waals surface area contributed by atoms with Gasteiger partial charge in [0.25, 0.3) is 0 Å². The summed E-state index contributed by atoms with van der Waals surface area (Å²) in [6.07, 6.45) is 8.37. The summed E-state index contributed by atoms with van der Waals surface area (Å²) in [4.78, 5) is 142. The van der Waals surface area contributed by atoms with Crippen LogP contribution in [0.3, 0.4) is 0 Å². The zero-order valence-electron chi connectivity index (χ0n) is 76.9. The average Bonchev–Trinajstić information content (AvgIpc) is 1.72. The summed E-state index contributed by atoms with van der Waals surface area (Å²) in [6.45, 7) is 40.8. The second-order valence-corrected chi connectivity index (χ2v) is 38.1. The van der Waals surface area contributed by atoms with E-state index in [2.05, 4.69) is 85.8 Å². The number of hydrogen-bond donors (Lipinski definition) is 8. The molecule has 4 aliphatic heterocycles. The predicted molar refractivity (Wildman–Crippen MR) is 488 cm³/mol. The minimum absolute atomic E-state index is 0. The van der Waals surface area contributed by atoms with Crippen LogP contribution in [0.2, 0.25) is 0 Å². The van der Waals surface area contributed by atoms with Crippen LogP contribution in [0.5, 0.6) is 0 Å². The maximum Gasteiger partial charge on any atom is 1.00 e. The number of carbonyl (C=O) groups is 11. The number of likely N-dealkylation sites (tertiary alicyclic amines) is 1. The predicted octanol–water partition coefficient (Wildman–Crippen LogP) is 14.1. The van der Waals surface area contributed by atoms with E-state index in [0.717, 1.165) is 137 Å². The average molecular weight is 1840 g/mol. The van der Waals surface area contributed by atoms with E-state index in [-0.39, 0.29) is 99.1 Å². The fourth-order valence-corrected chi connectivity index (χ4v) is 11.1. The summed E-state index contributed by atoms with van der Waals surface area (Å²) in [5.74, 6) is 2.45. The number of imide groups is 1. The number of nitrogen functional groups attached to an aromatic ring is 1. The number of carbonyl (C=O) groups excluding carboxylic acids is 11.